The first kappa shape index (κ1) is 20.3. The Hall–Kier alpha value is -4.36. The second-order valence-electron chi connectivity index (χ2n) is 8.67. The Labute approximate surface area is 200 Å². The van der Waals surface area contributed by atoms with E-state index in [2.05, 4.69) is 145 Å². The first-order valence-electron chi connectivity index (χ1n) is 11.7. The SMILES string of the molecule is Cc1cc(N(c2ccccc2)c2ccccc2)c(-c2cccc3ccccc23)c2ccccc12. The van der Waals surface area contributed by atoms with Crippen molar-refractivity contribution in [3.8, 4) is 11.1 Å². The quantitative estimate of drug-likeness (QED) is 0.266. The van der Waals surface area contributed by atoms with Gasteiger partial charge in [-0.3, -0.25) is 0 Å². The van der Waals surface area contributed by atoms with Crippen LogP contribution in [0, 0.1) is 6.92 Å². The molecule has 0 saturated heterocycles. The molecule has 0 aliphatic carbocycles. The summed E-state index contributed by atoms with van der Waals surface area (Å²) in [6.07, 6.45) is 0. The third kappa shape index (κ3) is 3.43. The van der Waals surface area contributed by atoms with Gasteiger partial charge in [0.25, 0.3) is 0 Å². The van der Waals surface area contributed by atoms with Crippen molar-refractivity contribution in [1.29, 1.82) is 0 Å². The van der Waals surface area contributed by atoms with Crippen LogP contribution < -0.4 is 4.90 Å². The molecule has 6 aromatic rings. The van der Waals surface area contributed by atoms with Gasteiger partial charge in [-0.15, -0.1) is 0 Å². The van der Waals surface area contributed by atoms with Crippen LogP contribution in [0.3, 0.4) is 0 Å². The minimum absolute atomic E-state index is 1.14. The summed E-state index contributed by atoms with van der Waals surface area (Å²) in [6, 6.07) is 47.7. The number of nitrogens with zero attached hydrogens (tertiary/aromatic N) is 1. The molecule has 0 heterocycles. The van der Waals surface area contributed by atoms with Gasteiger partial charge in [0.05, 0.1) is 5.69 Å². The number of hydrogen-bond acceptors (Lipinski definition) is 1. The Kier molecular flexibility index (Phi) is 5.08. The van der Waals surface area contributed by atoms with Crippen molar-refractivity contribution in [2.75, 3.05) is 4.90 Å². The molecule has 0 saturated carbocycles. The van der Waals surface area contributed by atoms with Gasteiger partial charge in [0.2, 0.25) is 0 Å². The predicted molar refractivity (Wildman–Crippen MR) is 146 cm³/mol. The summed E-state index contributed by atoms with van der Waals surface area (Å²) in [5.41, 5.74) is 7.25. The second-order valence-corrected chi connectivity index (χ2v) is 8.67. The molecule has 0 radical (unpaired) electrons. The van der Waals surface area contributed by atoms with Crippen molar-refractivity contribution in [2.24, 2.45) is 0 Å². The fourth-order valence-electron chi connectivity index (χ4n) is 5.02. The number of benzene rings is 6. The van der Waals surface area contributed by atoms with Crippen LogP contribution in [0.25, 0.3) is 32.7 Å². The van der Waals surface area contributed by atoms with Gasteiger partial charge in [-0.1, -0.05) is 103 Å². The standard InChI is InChI=1S/C33H25N/c1-24-23-32(34(26-15-4-2-5-16-26)27-17-6-3-7-18-27)33(30-21-11-10-19-28(24)30)31-22-12-14-25-13-8-9-20-29(25)31/h2-23H,1H3. The van der Waals surface area contributed by atoms with E-state index in [0.717, 1.165) is 11.4 Å². The maximum Gasteiger partial charge on any atom is 0.0549 e. The lowest BCUT2D eigenvalue weighted by Crippen LogP contribution is -2.11. The van der Waals surface area contributed by atoms with Crippen LogP contribution in [0.4, 0.5) is 17.1 Å². The molecule has 0 unspecified atom stereocenters. The highest BCUT2D eigenvalue weighted by Gasteiger charge is 2.21. The Balaban J connectivity index is 1.76. The molecular weight excluding hydrogens is 410 g/mol. The van der Waals surface area contributed by atoms with Gasteiger partial charge in [0.15, 0.2) is 0 Å². The zero-order valence-corrected chi connectivity index (χ0v) is 19.1. The number of aryl methyl sites for hydroxylation is 1. The molecule has 6 aromatic carbocycles. The van der Waals surface area contributed by atoms with Crippen LogP contribution >= 0.6 is 0 Å². The molecule has 1 heteroatoms. The average Bonchev–Trinajstić information content (AvgIpc) is 2.90. The van der Waals surface area contributed by atoms with Crippen molar-refractivity contribution >= 4 is 38.6 Å². The summed E-state index contributed by atoms with van der Waals surface area (Å²) in [7, 11) is 0. The summed E-state index contributed by atoms with van der Waals surface area (Å²) >= 11 is 0. The van der Waals surface area contributed by atoms with Gasteiger partial charge >= 0.3 is 0 Å². The second kappa shape index (κ2) is 8.53. The van der Waals surface area contributed by atoms with E-state index in [4.69, 9.17) is 0 Å². The molecule has 0 atom stereocenters. The molecule has 0 aliphatic rings. The van der Waals surface area contributed by atoms with Crippen molar-refractivity contribution in [1.82, 2.24) is 0 Å². The highest BCUT2D eigenvalue weighted by Crippen LogP contribution is 2.46. The van der Waals surface area contributed by atoms with Crippen molar-refractivity contribution in [2.45, 2.75) is 6.92 Å². The highest BCUT2D eigenvalue weighted by molar-refractivity contribution is 6.12. The normalized spacial score (nSPS) is 11.1. The Morgan fingerprint density at radius 3 is 1.68 bits per heavy atom. The van der Waals surface area contributed by atoms with E-state index in [1.54, 1.807) is 0 Å². The number of hydrogen-bond donors (Lipinski definition) is 0. The first-order chi connectivity index (χ1) is 16.8. The lowest BCUT2D eigenvalue weighted by atomic mass is 9.90. The third-order valence-electron chi connectivity index (χ3n) is 6.56. The zero-order chi connectivity index (χ0) is 22.9. The van der Waals surface area contributed by atoms with Crippen LogP contribution in [0.2, 0.25) is 0 Å². The molecule has 1 nitrogen and oxygen atoms in total. The van der Waals surface area contributed by atoms with E-state index in [1.807, 2.05) is 0 Å². The number of anilines is 3. The molecular formula is C33H25N. The summed E-state index contributed by atoms with van der Waals surface area (Å²) in [4.78, 5) is 2.39. The smallest absolute Gasteiger partial charge is 0.0549 e. The lowest BCUT2D eigenvalue weighted by Gasteiger charge is -2.29. The van der Waals surface area contributed by atoms with Crippen LogP contribution in [0.5, 0.6) is 0 Å². The molecule has 0 bridgehead atoms. The first-order valence-corrected chi connectivity index (χ1v) is 11.7. The topological polar surface area (TPSA) is 3.24 Å². The molecule has 162 valence electrons. The van der Waals surface area contributed by atoms with E-state index in [9.17, 15) is 0 Å². The Bertz CT molecular complexity index is 1560. The van der Waals surface area contributed by atoms with Gasteiger partial charge in [-0.25, -0.2) is 0 Å². The molecule has 6 rings (SSSR count). The van der Waals surface area contributed by atoms with E-state index in [0.29, 0.717) is 0 Å². The Morgan fingerprint density at radius 1 is 0.471 bits per heavy atom. The van der Waals surface area contributed by atoms with Gasteiger partial charge in [-0.05, 0) is 69.9 Å². The summed E-state index contributed by atoms with van der Waals surface area (Å²) in [6.45, 7) is 2.22. The third-order valence-corrected chi connectivity index (χ3v) is 6.56. The number of fused-ring (bicyclic) bond motifs is 2. The summed E-state index contributed by atoms with van der Waals surface area (Å²) in [5, 5.41) is 5.07. The summed E-state index contributed by atoms with van der Waals surface area (Å²) in [5.74, 6) is 0. The minimum Gasteiger partial charge on any atom is -0.310 e. The monoisotopic (exact) mass is 435 g/mol. The molecule has 0 aromatic heterocycles. The molecule has 0 fully saturated rings. The zero-order valence-electron chi connectivity index (χ0n) is 19.1. The molecule has 34 heavy (non-hydrogen) atoms. The van der Waals surface area contributed by atoms with Gasteiger partial charge in [0, 0.05) is 16.9 Å². The molecule has 0 N–H and O–H groups in total. The maximum atomic E-state index is 2.39. The van der Waals surface area contributed by atoms with E-state index >= 15 is 0 Å². The largest absolute Gasteiger partial charge is 0.310 e. The molecule has 0 spiro atoms. The van der Waals surface area contributed by atoms with Crippen LogP contribution in [0.1, 0.15) is 5.56 Å². The summed E-state index contributed by atoms with van der Waals surface area (Å²) < 4.78 is 0. The van der Waals surface area contributed by atoms with Gasteiger partial charge < -0.3 is 4.90 Å². The predicted octanol–water partition coefficient (Wildman–Crippen LogP) is 9.44. The molecule has 0 aliphatic heterocycles. The van der Waals surface area contributed by atoms with Gasteiger partial charge in [-0.2, -0.15) is 0 Å². The fraction of sp³-hybridized carbons (Fsp3) is 0.0303. The maximum absolute atomic E-state index is 2.39. The van der Waals surface area contributed by atoms with Crippen molar-refractivity contribution in [3.05, 3.63) is 139 Å². The molecule has 0 amide bonds. The average molecular weight is 436 g/mol. The van der Waals surface area contributed by atoms with Crippen LogP contribution in [0.15, 0.2) is 133 Å². The number of para-hydroxylation sites is 2. The minimum atomic E-state index is 1.14. The van der Waals surface area contributed by atoms with Crippen LogP contribution in [-0.4, -0.2) is 0 Å². The Morgan fingerprint density at radius 2 is 1.00 bits per heavy atom. The highest BCUT2D eigenvalue weighted by atomic mass is 15.1. The van der Waals surface area contributed by atoms with Gasteiger partial charge in [0.1, 0.15) is 0 Å². The van der Waals surface area contributed by atoms with E-state index in [-0.39, 0.29) is 0 Å². The van der Waals surface area contributed by atoms with Crippen molar-refractivity contribution < 1.29 is 0 Å². The fourth-order valence-corrected chi connectivity index (χ4v) is 5.02. The number of rotatable bonds is 4. The van der Waals surface area contributed by atoms with E-state index in [1.165, 1.54) is 43.9 Å². The van der Waals surface area contributed by atoms with Crippen LogP contribution in [-0.2, 0) is 0 Å². The van der Waals surface area contributed by atoms with Crippen molar-refractivity contribution in [3.63, 3.8) is 0 Å². The van der Waals surface area contributed by atoms with E-state index < -0.39 is 0 Å². The lowest BCUT2D eigenvalue weighted by molar-refractivity contribution is 1.28.